The van der Waals surface area contributed by atoms with Crippen LogP contribution in [-0.4, -0.2) is 31.4 Å². The van der Waals surface area contributed by atoms with Gasteiger partial charge in [-0.2, -0.15) is 0 Å². The van der Waals surface area contributed by atoms with Crippen molar-refractivity contribution in [1.82, 2.24) is 5.01 Å². The van der Waals surface area contributed by atoms with E-state index in [4.69, 9.17) is 5.41 Å². The molecular weight excluding hydrogens is 387 g/mol. The summed E-state index contributed by atoms with van der Waals surface area (Å²) in [6, 6.07) is 14.8. The smallest absolute Gasteiger partial charge is 0.123 e. The molecule has 1 atom stereocenters. The van der Waals surface area contributed by atoms with E-state index in [9.17, 15) is 4.39 Å². The average Bonchev–Trinajstić information content (AvgIpc) is 2.79. The molecule has 0 radical (unpaired) electrons. The summed E-state index contributed by atoms with van der Waals surface area (Å²) in [5, 5.41) is 16.0. The minimum atomic E-state index is -0.260. The number of hydrogen-bond donors (Lipinski definition) is 2. The van der Waals surface area contributed by atoms with E-state index in [1.807, 2.05) is 6.08 Å². The van der Waals surface area contributed by atoms with E-state index in [1.54, 1.807) is 12.1 Å². The molecule has 1 unspecified atom stereocenters. The van der Waals surface area contributed by atoms with Crippen LogP contribution in [-0.2, 0) is 0 Å². The molecule has 4 nitrogen and oxygen atoms in total. The number of hydrazine groups is 1. The Hall–Kier alpha value is -3.18. The lowest BCUT2D eigenvalue weighted by atomic mass is 9.68. The lowest BCUT2D eigenvalue weighted by molar-refractivity contribution is 0.164. The van der Waals surface area contributed by atoms with Crippen molar-refractivity contribution < 1.29 is 4.39 Å². The lowest BCUT2D eigenvalue weighted by Crippen LogP contribution is -2.52. The van der Waals surface area contributed by atoms with Crippen LogP contribution in [0.1, 0.15) is 18.4 Å². The van der Waals surface area contributed by atoms with Crippen LogP contribution < -0.4 is 10.3 Å². The number of benzene rings is 2. The third kappa shape index (κ3) is 4.19. The van der Waals surface area contributed by atoms with Crippen molar-refractivity contribution in [2.24, 2.45) is 5.41 Å². The number of halogens is 1. The molecule has 0 aromatic heterocycles. The van der Waals surface area contributed by atoms with E-state index < -0.39 is 0 Å². The molecule has 2 aliphatic rings. The maximum absolute atomic E-state index is 13.3. The van der Waals surface area contributed by atoms with E-state index >= 15 is 0 Å². The highest BCUT2D eigenvalue weighted by Crippen LogP contribution is 2.46. The number of fused-ring (bicyclic) bond motifs is 1. The first-order valence-electron chi connectivity index (χ1n) is 10.6. The number of allylic oxidation sites excluding steroid dienone is 2. The van der Waals surface area contributed by atoms with Crippen molar-refractivity contribution >= 4 is 17.6 Å². The van der Waals surface area contributed by atoms with Crippen LogP contribution in [0.4, 0.5) is 15.8 Å². The van der Waals surface area contributed by atoms with Gasteiger partial charge in [-0.05, 0) is 73.4 Å². The first-order valence-corrected chi connectivity index (χ1v) is 10.6. The van der Waals surface area contributed by atoms with Gasteiger partial charge in [0.25, 0.3) is 0 Å². The molecule has 1 fully saturated rings. The summed E-state index contributed by atoms with van der Waals surface area (Å²) in [5.41, 5.74) is 6.18. The largest absolute Gasteiger partial charge is 0.355 e. The predicted octanol–water partition coefficient (Wildman–Crippen LogP) is 5.71. The Morgan fingerprint density at radius 3 is 2.68 bits per heavy atom. The number of anilines is 2. The summed E-state index contributed by atoms with van der Waals surface area (Å²) in [4.78, 5) is 0. The number of piperidine rings is 1. The Balaban J connectivity index is 1.59. The second-order valence-corrected chi connectivity index (χ2v) is 8.42. The van der Waals surface area contributed by atoms with E-state index in [1.165, 1.54) is 35.2 Å². The number of rotatable bonds is 6. The number of aryl methyl sites for hydroxylation is 1. The Bertz CT molecular complexity index is 1050. The van der Waals surface area contributed by atoms with Crippen LogP contribution in [0.15, 0.2) is 84.1 Å². The van der Waals surface area contributed by atoms with E-state index in [-0.39, 0.29) is 11.2 Å². The van der Waals surface area contributed by atoms with Gasteiger partial charge in [-0.25, -0.2) is 9.40 Å². The van der Waals surface area contributed by atoms with Gasteiger partial charge in [0.15, 0.2) is 0 Å². The molecular formula is C26H29FN4. The van der Waals surface area contributed by atoms with Gasteiger partial charge < -0.3 is 15.7 Å². The molecule has 0 spiro atoms. The van der Waals surface area contributed by atoms with Crippen LogP contribution >= 0.6 is 0 Å². The van der Waals surface area contributed by atoms with Gasteiger partial charge in [-0.3, -0.25) is 0 Å². The average molecular weight is 417 g/mol. The fourth-order valence-corrected chi connectivity index (χ4v) is 4.54. The Morgan fingerprint density at radius 2 is 2.00 bits per heavy atom. The summed E-state index contributed by atoms with van der Waals surface area (Å²) in [6.45, 7) is 8.02. The minimum Gasteiger partial charge on any atom is -0.355 e. The fourth-order valence-electron chi connectivity index (χ4n) is 4.54. The predicted molar refractivity (Wildman–Crippen MR) is 127 cm³/mol. The second kappa shape index (κ2) is 8.52. The second-order valence-electron chi connectivity index (χ2n) is 8.42. The van der Waals surface area contributed by atoms with Crippen LogP contribution in [0, 0.1) is 23.6 Å². The highest BCUT2D eigenvalue weighted by Gasteiger charge is 2.41. The summed E-state index contributed by atoms with van der Waals surface area (Å²) in [7, 11) is 2.11. The standard InChI is InChI=1S/C26H29FN4/c1-4-26-16-20(17-28)25(29-23-10-8-22(27)9-11-23)15-21(26)12-13-31(18-26)30(3)24-7-5-6-19(2)14-24/h4-11,14-15,17,28-29H,1,12-13,16,18H2,2-3H3. The fraction of sp³-hybridized carbons (Fsp3) is 0.269. The number of hydrogen-bond acceptors (Lipinski definition) is 4. The Morgan fingerprint density at radius 1 is 1.23 bits per heavy atom. The molecule has 4 rings (SSSR count). The van der Waals surface area contributed by atoms with Crippen molar-refractivity contribution in [2.45, 2.75) is 19.8 Å². The summed E-state index contributed by atoms with van der Waals surface area (Å²) < 4.78 is 13.3. The third-order valence-corrected chi connectivity index (χ3v) is 6.40. The molecule has 2 aromatic rings. The van der Waals surface area contributed by atoms with Gasteiger partial charge in [0, 0.05) is 43.2 Å². The first kappa shape index (κ1) is 21.1. The van der Waals surface area contributed by atoms with Gasteiger partial charge in [0.1, 0.15) is 5.82 Å². The quantitative estimate of drug-likeness (QED) is 0.468. The zero-order chi connectivity index (χ0) is 22.0. The molecule has 1 saturated heterocycles. The molecule has 0 amide bonds. The molecule has 0 saturated carbocycles. The van der Waals surface area contributed by atoms with Crippen molar-refractivity contribution in [3.8, 4) is 0 Å². The molecule has 31 heavy (non-hydrogen) atoms. The van der Waals surface area contributed by atoms with Gasteiger partial charge >= 0.3 is 0 Å². The highest BCUT2D eigenvalue weighted by molar-refractivity contribution is 5.81. The highest BCUT2D eigenvalue weighted by atomic mass is 19.1. The zero-order valence-electron chi connectivity index (χ0n) is 18.2. The van der Waals surface area contributed by atoms with Gasteiger partial charge in [0.2, 0.25) is 0 Å². The topological polar surface area (TPSA) is 42.4 Å². The van der Waals surface area contributed by atoms with Crippen molar-refractivity contribution in [1.29, 1.82) is 5.41 Å². The van der Waals surface area contributed by atoms with Crippen molar-refractivity contribution in [3.63, 3.8) is 0 Å². The molecule has 2 N–H and O–H groups in total. The lowest BCUT2D eigenvalue weighted by Gasteiger charge is -2.48. The maximum Gasteiger partial charge on any atom is 0.123 e. The first-order chi connectivity index (χ1) is 14.9. The molecule has 160 valence electrons. The van der Waals surface area contributed by atoms with Crippen LogP contribution in [0.5, 0.6) is 0 Å². The van der Waals surface area contributed by atoms with Gasteiger partial charge in [0.05, 0.1) is 5.69 Å². The monoisotopic (exact) mass is 416 g/mol. The zero-order valence-corrected chi connectivity index (χ0v) is 18.2. The molecule has 1 heterocycles. The number of nitrogens with zero attached hydrogens (tertiary/aromatic N) is 2. The normalized spacial score (nSPS) is 21.2. The molecule has 2 aromatic carbocycles. The van der Waals surface area contributed by atoms with Gasteiger partial charge in [-0.15, -0.1) is 6.58 Å². The van der Waals surface area contributed by atoms with Crippen molar-refractivity contribution in [2.75, 3.05) is 30.5 Å². The Kier molecular flexibility index (Phi) is 5.79. The molecule has 5 heteroatoms. The van der Waals surface area contributed by atoms with Gasteiger partial charge in [-0.1, -0.05) is 23.8 Å². The molecule has 1 aliphatic heterocycles. The third-order valence-electron chi connectivity index (χ3n) is 6.40. The van der Waals surface area contributed by atoms with E-state index in [0.29, 0.717) is 6.42 Å². The maximum atomic E-state index is 13.3. The SMILES string of the molecule is C=CC12CC(C=N)=C(Nc3ccc(F)cc3)C=C1CCN(N(C)c1cccc(C)c1)C2. The van der Waals surface area contributed by atoms with E-state index in [2.05, 4.69) is 66.2 Å². The summed E-state index contributed by atoms with van der Waals surface area (Å²) in [6.07, 6.45) is 7.27. The molecule has 1 aliphatic carbocycles. The van der Waals surface area contributed by atoms with Crippen LogP contribution in [0.2, 0.25) is 0 Å². The van der Waals surface area contributed by atoms with Crippen molar-refractivity contribution in [3.05, 3.63) is 95.5 Å². The van der Waals surface area contributed by atoms with E-state index in [0.717, 1.165) is 36.5 Å². The minimum absolute atomic E-state index is 0.211. The summed E-state index contributed by atoms with van der Waals surface area (Å²) >= 11 is 0. The molecule has 0 bridgehead atoms. The van der Waals surface area contributed by atoms with Crippen LogP contribution in [0.3, 0.4) is 0 Å². The van der Waals surface area contributed by atoms with Crippen LogP contribution in [0.25, 0.3) is 0 Å². The number of nitrogens with one attached hydrogen (secondary N) is 2. The Labute approximate surface area is 183 Å². The summed E-state index contributed by atoms with van der Waals surface area (Å²) in [5.74, 6) is -0.260.